The van der Waals surface area contributed by atoms with Crippen molar-refractivity contribution >= 4 is 11.8 Å². The Balaban J connectivity index is 2.04. The van der Waals surface area contributed by atoms with Gasteiger partial charge in [0.25, 0.3) is 0 Å². The number of thioether (sulfide) groups is 1. The van der Waals surface area contributed by atoms with Crippen LogP contribution in [-0.2, 0) is 4.74 Å². The second-order valence-electron chi connectivity index (χ2n) is 4.80. The molecule has 1 heterocycles. The van der Waals surface area contributed by atoms with Crippen LogP contribution in [0.15, 0.2) is 11.2 Å². The van der Waals surface area contributed by atoms with Crippen molar-refractivity contribution in [2.45, 2.75) is 45.4 Å². The highest BCUT2D eigenvalue weighted by molar-refractivity contribution is 7.99. The normalized spacial score (nSPS) is 11.2. The molecule has 0 saturated carbocycles. The number of nitrogens with one attached hydrogen (secondary N) is 1. The van der Waals surface area contributed by atoms with Gasteiger partial charge in [0.15, 0.2) is 5.16 Å². The van der Waals surface area contributed by atoms with Gasteiger partial charge in [0.05, 0.1) is 6.10 Å². The van der Waals surface area contributed by atoms with Crippen molar-refractivity contribution in [3.63, 3.8) is 0 Å². The van der Waals surface area contributed by atoms with Crippen molar-refractivity contribution in [2.75, 3.05) is 25.4 Å². The molecule has 1 rings (SSSR count). The first-order chi connectivity index (χ1) is 9.08. The van der Waals surface area contributed by atoms with E-state index < -0.39 is 0 Å². The third-order valence-electron chi connectivity index (χ3n) is 2.42. The Morgan fingerprint density at radius 1 is 1.21 bits per heavy atom. The molecule has 0 saturated heterocycles. The summed E-state index contributed by atoms with van der Waals surface area (Å²) in [5, 5.41) is 4.28. The zero-order valence-electron chi connectivity index (χ0n) is 12.4. The summed E-state index contributed by atoms with van der Waals surface area (Å²) in [4.78, 5) is 8.81. The van der Waals surface area contributed by atoms with E-state index >= 15 is 0 Å². The minimum absolute atomic E-state index is 0.331. The molecule has 0 spiro atoms. The highest BCUT2D eigenvalue weighted by Gasteiger charge is 2.00. The Morgan fingerprint density at radius 2 is 1.89 bits per heavy atom. The van der Waals surface area contributed by atoms with E-state index in [0.717, 1.165) is 48.4 Å². The third kappa shape index (κ3) is 8.18. The van der Waals surface area contributed by atoms with Crippen LogP contribution in [0.4, 0.5) is 0 Å². The van der Waals surface area contributed by atoms with Crippen molar-refractivity contribution in [1.29, 1.82) is 0 Å². The zero-order chi connectivity index (χ0) is 14.1. The second kappa shape index (κ2) is 9.28. The van der Waals surface area contributed by atoms with Gasteiger partial charge in [0.1, 0.15) is 0 Å². The van der Waals surface area contributed by atoms with Crippen molar-refractivity contribution in [3.05, 3.63) is 17.5 Å². The Bertz CT molecular complexity index is 351. The van der Waals surface area contributed by atoms with E-state index in [-0.39, 0.29) is 0 Å². The van der Waals surface area contributed by atoms with Crippen LogP contribution in [-0.4, -0.2) is 41.5 Å². The van der Waals surface area contributed by atoms with Crippen LogP contribution < -0.4 is 5.32 Å². The van der Waals surface area contributed by atoms with Crippen LogP contribution in [0.1, 0.15) is 31.7 Å². The van der Waals surface area contributed by atoms with E-state index in [0.29, 0.717) is 6.10 Å². The van der Waals surface area contributed by atoms with E-state index in [1.165, 1.54) is 0 Å². The molecule has 0 amide bonds. The molecule has 0 aromatic carbocycles. The van der Waals surface area contributed by atoms with E-state index in [1.54, 1.807) is 11.8 Å². The van der Waals surface area contributed by atoms with Gasteiger partial charge in [0.2, 0.25) is 0 Å². The van der Waals surface area contributed by atoms with E-state index in [2.05, 4.69) is 29.1 Å². The zero-order valence-corrected chi connectivity index (χ0v) is 13.2. The maximum atomic E-state index is 5.48. The summed E-state index contributed by atoms with van der Waals surface area (Å²) in [5.74, 6) is 0.994. The number of nitrogens with zero attached hydrogens (tertiary/aromatic N) is 2. The van der Waals surface area contributed by atoms with Crippen molar-refractivity contribution in [2.24, 2.45) is 0 Å². The van der Waals surface area contributed by atoms with Crippen molar-refractivity contribution in [1.82, 2.24) is 15.3 Å². The van der Waals surface area contributed by atoms with Gasteiger partial charge in [-0.25, -0.2) is 9.97 Å². The molecular formula is C14H25N3OS. The van der Waals surface area contributed by atoms with Gasteiger partial charge in [-0.3, -0.25) is 0 Å². The van der Waals surface area contributed by atoms with Gasteiger partial charge >= 0.3 is 0 Å². The smallest absolute Gasteiger partial charge is 0.188 e. The molecule has 1 aromatic heterocycles. The van der Waals surface area contributed by atoms with E-state index in [9.17, 15) is 0 Å². The first kappa shape index (κ1) is 16.4. The summed E-state index contributed by atoms with van der Waals surface area (Å²) < 4.78 is 5.48. The average Bonchev–Trinajstić information content (AvgIpc) is 2.31. The Hall–Kier alpha value is -0.650. The molecule has 4 nitrogen and oxygen atoms in total. The van der Waals surface area contributed by atoms with E-state index in [4.69, 9.17) is 4.74 Å². The van der Waals surface area contributed by atoms with E-state index in [1.807, 2.05) is 19.9 Å². The van der Waals surface area contributed by atoms with Gasteiger partial charge in [-0.05, 0) is 46.7 Å². The third-order valence-corrected chi connectivity index (χ3v) is 3.27. The lowest BCUT2D eigenvalue weighted by atomic mass is 10.4. The molecule has 1 aromatic rings. The van der Waals surface area contributed by atoms with Gasteiger partial charge in [-0.2, -0.15) is 0 Å². The fourth-order valence-electron chi connectivity index (χ4n) is 1.61. The van der Waals surface area contributed by atoms with Crippen LogP contribution in [0.2, 0.25) is 0 Å². The lowest BCUT2D eigenvalue weighted by molar-refractivity contribution is 0.0772. The van der Waals surface area contributed by atoms with Crippen LogP contribution in [0.3, 0.4) is 0 Å². The highest BCUT2D eigenvalue weighted by Crippen LogP contribution is 2.12. The van der Waals surface area contributed by atoms with Crippen molar-refractivity contribution < 1.29 is 4.74 Å². The molecule has 0 unspecified atom stereocenters. The molecule has 19 heavy (non-hydrogen) atoms. The summed E-state index contributed by atoms with van der Waals surface area (Å²) >= 11 is 1.70. The number of aryl methyl sites for hydroxylation is 2. The Labute approximate surface area is 120 Å². The lowest BCUT2D eigenvalue weighted by Gasteiger charge is -2.08. The number of hydrogen-bond acceptors (Lipinski definition) is 5. The van der Waals surface area contributed by atoms with Crippen LogP contribution in [0, 0.1) is 13.8 Å². The summed E-state index contributed by atoms with van der Waals surface area (Å²) in [6, 6.07) is 2.00. The van der Waals surface area contributed by atoms with Crippen LogP contribution >= 0.6 is 11.8 Å². The fraction of sp³-hybridized carbons (Fsp3) is 0.714. The van der Waals surface area contributed by atoms with Crippen LogP contribution in [0.25, 0.3) is 0 Å². The first-order valence-electron chi connectivity index (χ1n) is 6.85. The molecule has 0 aliphatic heterocycles. The Kier molecular flexibility index (Phi) is 8.02. The average molecular weight is 283 g/mol. The molecular weight excluding hydrogens is 258 g/mol. The number of hydrogen-bond donors (Lipinski definition) is 1. The Morgan fingerprint density at radius 3 is 2.53 bits per heavy atom. The predicted molar refractivity (Wildman–Crippen MR) is 80.8 cm³/mol. The van der Waals surface area contributed by atoms with Gasteiger partial charge in [-0.1, -0.05) is 11.8 Å². The minimum Gasteiger partial charge on any atom is -0.379 e. The quantitative estimate of drug-likeness (QED) is 0.429. The molecule has 108 valence electrons. The maximum Gasteiger partial charge on any atom is 0.188 e. The minimum atomic E-state index is 0.331. The van der Waals surface area contributed by atoms with Gasteiger partial charge in [0, 0.05) is 30.3 Å². The fourth-order valence-corrected chi connectivity index (χ4v) is 2.46. The molecule has 0 aliphatic rings. The maximum absolute atomic E-state index is 5.48. The number of rotatable bonds is 9. The molecule has 0 aliphatic carbocycles. The number of ether oxygens (including phenoxy) is 1. The summed E-state index contributed by atoms with van der Waals surface area (Å²) in [6.45, 7) is 10.9. The molecule has 5 heteroatoms. The lowest BCUT2D eigenvalue weighted by Crippen LogP contribution is -2.20. The SMILES string of the molecule is Cc1cc(C)nc(SCCNCCCOC(C)C)n1. The first-order valence-corrected chi connectivity index (χ1v) is 7.84. The summed E-state index contributed by atoms with van der Waals surface area (Å²) in [5.41, 5.74) is 2.07. The predicted octanol–water partition coefficient (Wildman–Crippen LogP) is 2.59. The largest absolute Gasteiger partial charge is 0.379 e. The molecule has 1 N–H and O–H groups in total. The molecule has 0 bridgehead atoms. The summed E-state index contributed by atoms with van der Waals surface area (Å²) in [7, 11) is 0. The van der Waals surface area contributed by atoms with Crippen molar-refractivity contribution in [3.8, 4) is 0 Å². The number of aromatic nitrogens is 2. The molecule has 0 radical (unpaired) electrons. The summed E-state index contributed by atoms with van der Waals surface area (Å²) in [6.07, 6.45) is 1.39. The standard InChI is InChI=1S/C14H25N3OS/c1-11(2)18-8-5-6-15-7-9-19-14-16-12(3)10-13(4)17-14/h10-11,15H,5-9H2,1-4H3. The van der Waals surface area contributed by atoms with Gasteiger partial charge < -0.3 is 10.1 Å². The second-order valence-corrected chi connectivity index (χ2v) is 5.87. The molecule has 0 fully saturated rings. The monoisotopic (exact) mass is 283 g/mol. The van der Waals surface area contributed by atoms with Gasteiger partial charge in [-0.15, -0.1) is 0 Å². The topological polar surface area (TPSA) is 47.0 Å². The van der Waals surface area contributed by atoms with Crippen LogP contribution in [0.5, 0.6) is 0 Å². The highest BCUT2D eigenvalue weighted by atomic mass is 32.2. The molecule has 0 atom stereocenters.